The molecular weight excluding hydrogens is 235 g/mol. The molecule has 2 rings (SSSR count). The average molecular weight is 249 g/mol. The van der Waals surface area contributed by atoms with Gasteiger partial charge in [-0.25, -0.2) is 0 Å². The van der Waals surface area contributed by atoms with E-state index in [1.54, 1.807) is 7.05 Å². The van der Waals surface area contributed by atoms with Crippen molar-refractivity contribution < 1.29 is 13.2 Å². The SMILES string of the molecule is CNCC1CCCc2scc(C(F)(F)F)c21. The van der Waals surface area contributed by atoms with Gasteiger partial charge in [-0.3, -0.25) is 0 Å². The Bertz CT molecular complexity index is 370. The number of likely N-dealkylation sites (N-methyl/N-ethyl adjacent to an activating group) is 1. The highest BCUT2D eigenvalue weighted by Gasteiger charge is 2.38. The minimum atomic E-state index is -4.20. The zero-order valence-electron chi connectivity index (χ0n) is 9.03. The fourth-order valence-electron chi connectivity index (χ4n) is 2.37. The normalized spacial score (nSPS) is 20.9. The average Bonchev–Trinajstić information content (AvgIpc) is 2.62. The number of thiophene rings is 1. The molecule has 0 bridgehead atoms. The zero-order chi connectivity index (χ0) is 11.8. The molecule has 1 aliphatic carbocycles. The van der Waals surface area contributed by atoms with E-state index in [1.807, 2.05) is 0 Å². The molecule has 0 fully saturated rings. The van der Waals surface area contributed by atoms with Gasteiger partial charge in [0.15, 0.2) is 0 Å². The third-order valence-corrected chi connectivity index (χ3v) is 4.09. The van der Waals surface area contributed by atoms with E-state index in [2.05, 4.69) is 5.32 Å². The molecule has 0 saturated carbocycles. The largest absolute Gasteiger partial charge is 0.417 e. The third kappa shape index (κ3) is 2.11. The van der Waals surface area contributed by atoms with Crippen LogP contribution < -0.4 is 5.32 Å². The van der Waals surface area contributed by atoms with Crippen LogP contribution in [0.5, 0.6) is 0 Å². The number of halogens is 3. The van der Waals surface area contributed by atoms with Crippen LogP contribution in [0.1, 0.15) is 34.8 Å². The summed E-state index contributed by atoms with van der Waals surface area (Å²) in [6, 6.07) is 0. The van der Waals surface area contributed by atoms with Crippen LogP contribution in [0.25, 0.3) is 0 Å². The second-order valence-corrected chi connectivity index (χ2v) is 5.10. The van der Waals surface area contributed by atoms with E-state index in [1.165, 1.54) is 16.7 Å². The zero-order valence-corrected chi connectivity index (χ0v) is 9.84. The second kappa shape index (κ2) is 4.37. The predicted octanol–water partition coefficient (Wildman–Crippen LogP) is 3.41. The number of aryl methyl sites for hydroxylation is 1. The van der Waals surface area contributed by atoms with Crippen molar-refractivity contribution in [2.24, 2.45) is 0 Å². The number of hydrogen-bond donors (Lipinski definition) is 1. The Kier molecular flexibility index (Phi) is 3.26. The van der Waals surface area contributed by atoms with E-state index in [-0.39, 0.29) is 5.92 Å². The molecule has 1 atom stereocenters. The molecule has 1 nitrogen and oxygen atoms in total. The second-order valence-electron chi connectivity index (χ2n) is 4.13. The van der Waals surface area contributed by atoms with Crippen LogP contribution in [0, 0.1) is 0 Å². The van der Waals surface area contributed by atoms with E-state index >= 15 is 0 Å². The standard InChI is InChI=1S/C11H14F3NS/c1-15-5-7-3-2-4-9-10(7)8(6-16-9)11(12,13)14/h6-7,15H,2-5H2,1H3. The molecule has 5 heteroatoms. The maximum atomic E-state index is 12.8. The molecule has 0 aromatic carbocycles. The Morgan fingerprint density at radius 1 is 1.50 bits per heavy atom. The molecule has 1 heterocycles. The van der Waals surface area contributed by atoms with Gasteiger partial charge in [0.1, 0.15) is 0 Å². The van der Waals surface area contributed by atoms with E-state index in [9.17, 15) is 13.2 Å². The van der Waals surface area contributed by atoms with E-state index in [4.69, 9.17) is 0 Å². The Hall–Kier alpha value is -0.550. The monoisotopic (exact) mass is 249 g/mol. The van der Waals surface area contributed by atoms with Crippen molar-refractivity contribution in [3.05, 3.63) is 21.4 Å². The quantitative estimate of drug-likeness (QED) is 0.847. The van der Waals surface area contributed by atoms with Crippen molar-refractivity contribution in [1.82, 2.24) is 5.32 Å². The van der Waals surface area contributed by atoms with Gasteiger partial charge in [-0.15, -0.1) is 11.3 Å². The van der Waals surface area contributed by atoms with Gasteiger partial charge in [-0.1, -0.05) is 0 Å². The lowest BCUT2D eigenvalue weighted by molar-refractivity contribution is -0.138. The Morgan fingerprint density at radius 3 is 2.88 bits per heavy atom. The molecule has 0 saturated heterocycles. The van der Waals surface area contributed by atoms with Crippen molar-refractivity contribution >= 4 is 11.3 Å². The van der Waals surface area contributed by atoms with Gasteiger partial charge in [-0.05, 0) is 37.8 Å². The van der Waals surface area contributed by atoms with Crippen LogP contribution in [-0.4, -0.2) is 13.6 Å². The van der Waals surface area contributed by atoms with E-state index in [0.29, 0.717) is 12.1 Å². The molecule has 16 heavy (non-hydrogen) atoms. The summed E-state index contributed by atoms with van der Waals surface area (Å²) in [5, 5.41) is 4.26. The van der Waals surface area contributed by atoms with Crippen molar-refractivity contribution in [3.63, 3.8) is 0 Å². The van der Waals surface area contributed by atoms with Crippen LogP contribution in [0.15, 0.2) is 5.38 Å². The summed E-state index contributed by atoms with van der Waals surface area (Å²) in [5.41, 5.74) is 0.144. The molecule has 0 aliphatic heterocycles. The van der Waals surface area contributed by atoms with Gasteiger partial charge in [0.2, 0.25) is 0 Å². The first-order valence-electron chi connectivity index (χ1n) is 5.36. The molecular formula is C11H14F3NS. The fourth-order valence-corrected chi connectivity index (χ4v) is 3.56. The maximum absolute atomic E-state index is 12.8. The number of alkyl halides is 3. The van der Waals surface area contributed by atoms with Gasteiger partial charge in [0.25, 0.3) is 0 Å². The fraction of sp³-hybridized carbons (Fsp3) is 0.636. The van der Waals surface area contributed by atoms with Crippen molar-refractivity contribution in [1.29, 1.82) is 0 Å². The molecule has 0 radical (unpaired) electrons. The molecule has 1 aromatic rings. The van der Waals surface area contributed by atoms with Crippen molar-refractivity contribution in [2.75, 3.05) is 13.6 Å². The lowest BCUT2D eigenvalue weighted by Gasteiger charge is -2.24. The van der Waals surface area contributed by atoms with Gasteiger partial charge < -0.3 is 5.32 Å². The van der Waals surface area contributed by atoms with Crippen LogP contribution in [0.3, 0.4) is 0 Å². The Labute approximate surface area is 96.7 Å². The molecule has 1 aromatic heterocycles. The highest BCUT2D eigenvalue weighted by molar-refractivity contribution is 7.10. The first kappa shape index (κ1) is 11.9. The Morgan fingerprint density at radius 2 is 2.25 bits per heavy atom. The van der Waals surface area contributed by atoms with Gasteiger partial charge in [0.05, 0.1) is 5.56 Å². The third-order valence-electron chi connectivity index (χ3n) is 3.03. The summed E-state index contributed by atoms with van der Waals surface area (Å²) in [6.45, 7) is 0.632. The lowest BCUT2D eigenvalue weighted by Crippen LogP contribution is -2.23. The molecule has 1 unspecified atom stereocenters. The van der Waals surface area contributed by atoms with Gasteiger partial charge in [0, 0.05) is 16.8 Å². The number of hydrogen-bond acceptors (Lipinski definition) is 2. The highest BCUT2D eigenvalue weighted by Crippen LogP contribution is 2.44. The van der Waals surface area contributed by atoms with Crippen molar-refractivity contribution in [2.45, 2.75) is 31.4 Å². The lowest BCUT2D eigenvalue weighted by atomic mass is 9.85. The summed E-state index contributed by atoms with van der Waals surface area (Å²) < 4.78 is 38.4. The minimum absolute atomic E-state index is 0.0247. The van der Waals surface area contributed by atoms with Gasteiger partial charge in [-0.2, -0.15) is 13.2 Å². The molecule has 0 amide bonds. The van der Waals surface area contributed by atoms with Crippen molar-refractivity contribution in [3.8, 4) is 0 Å². The smallest absolute Gasteiger partial charge is 0.319 e. The molecule has 90 valence electrons. The highest BCUT2D eigenvalue weighted by atomic mass is 32.1. The van der Waals surface area contributed by atoms with E-state index in [0.717, 1.165) is 24.1 Å². The van der Waals surface area contributed by atoms with E-state index < -0.39 is 11.7 Å². The van der Waals surface area contributed by atoms with Gasteiger partial charge >= 0.3 is 6.18 Å². The topological polar surface area (TPSA) is 12.0 Å². The summed E-state index contributed by atoms with van der Waals surface area (Å²) in [6.07, 6.45) is -1.55. The summed E-state index contributed by atoms with van der Waals surface area (Å²) >= 11 is 1.26. The van der Waals surface area contributed by atoms with Crippen LogP contribution >= 0.6 is 11.3 Å². The van der Waals surface area contributed by atoms with Crippen LogP contribution in [0.2, 0.25) is 0 Å². The maximum Gasteiger partial charge on any atom is 0.417 e. The minimum Gasteiger partial charge on any atom is -0.319 e. The first-order chi connectivity index (χ1) is 7.54. The summed E-state index contributed by atoms with van der Waals surface area (Å²) in [4.78, 5) is 0.929. The molecule has 0 spiro atoms. The summed E-state index contributed by atoms with van der Waals surface area (Å²) in [7, 11) is 1.79. The molecule has 1 aliphatic rings. The van der Waals surface area contributed by atoms with Crippen LogP contribution in [0.4, 0.5) is 13.2 Å². The molecule has 1 N–H and O–H groups in total. The number of nitrogens with one attached hydrogen (secondary N) is 1. The predicted molar refractivity (Wildman–Crippen MR) is 58.9 cm³/mol. The first-order valence-corrected chi connectivity index (χ1v) is 6.24. The van der Waals surface area contributed by atoms with Crippen LogP contribution in [-0.2, 0) is 12.6 Å². The number of rotatable bonds is 2. The summed E-state index contributed by atoms with van der Waals surface area (Å²) in [5.74, 6) is 0.0247. The Balaban J connectivity index is 2.40. The number of fused-ring (bicyclic) bond motifs is 1.